The predicted octanol–water partition coefficient (Wildman–Crippen LogP) is 0.860. The van der Waals surface area contributed by atoms with Crippen LogP contribution in [-0.2, 0) is 4.79 Å². The molecule has 0 fully saturated rings. The Morgan fingerprint density at radius 1 is 1.88 bits per heavy atom. The molecule has 0 aliphatic heterocycles. The van der Waals surface area contributed by atoms with E-state index in [4.69, 9.17) is 0 Å². The second kappa shape index (κ2) is 4.37. The maximum Gasteiger partial charge on any atom is 0.223 e. The van der Waals surface area contributed by atoms with Crippen molar-refractivity contribution in [2.45, 2.75) is 13.3 Å². The highest BCUT2D eigenvalue weighted by Crippen LogP contribution is 1.79. The molecule has 0 aromatic carbocycles. The standard InChI is InChI=1S/C6H10NO/c1-3-4-5-6(8)7-2/h3-4H,2,5H2,1H3,(H,7,8). The summed E-state index contributed by atoms with van der Waals surface area (Å²) >= 11 is 0. The molecule has 0 aromatic rings. The third-order valence-electron chi connectivity index (χ3n) is 0.736. The summed E-state index contributed by atoms with van der Waals surface area (Å²) in [6.07, 6.45) is 4.04. The van der Waals surface area contributed by atoms with Crippen molar-refractivity contribution in [2.75, 3.05) is 0 Å². The van der Waals surface area contributed by atoms with Gasteiger partial charge in [0.25, 0.3) is 0 Å². The molecule has 8 heavy (non-hydrogen) atoms. The first-order valence-electron chi connectivity index (χ1n) is 2.48. The second-order valence-electron chi connectivity index (χ2n) is 1.37. The van der Waals surface area contributed by atoms with Gasteiger partial charge in [0.15, 0.2) is 0 Å². The molecular weight excluding hydrogens is 102 g/mol. The highest BCUT2D eigenvalue weighted by Gasteiger charge is 1.88. The molecule has 2 nitrogen and oxygen atoms in total. The van der Waals surface area contributed by atoms with E-state index in [0.717, 1.165) is 0 Å². The van der Waals surface area contributed by atoms with Crippen LogP contribution in [0.15, 0.2) is 12.2 Å². The zero-order chi connectivity index (χ0) is 6.41. The lowest BCUT2D eigenvalue weighted by Gasteiger charge is -1.89. The Kier molecular flexibility index (Phi) is 3.94. The molecule has 0 aliphatic carbocycles. The quantitative estimate of drug-likeness (QED) is 0.527. The van der Waals surface area contributed by atoms with Crippen LogP contribution in [0.3, 0.4) is 0 Å². The van der Waals surface area contributed by atoms with Gasteiger partial charge in [-0.2, -0.15) is 0 Å². The van der Waals surface area contributed by atoms with Gasteiger partial charge in [0.05, 0.1) is 0 Å². The third kappa shape index (κ3) is 3.40. The van der Waals surface area contributed by atoms with Crippen LogP contribution in [0.4, 0.5) is 0 Å². The van der Waals surface area contributed by atoms with Crippen molar-refractivity contribution in [3.8, 4) is 0 Å². The summed E-state index contributed by atoms with van der Waals surface area (Å²) in [7, 11) is 3.21. The number of carbonyl (C=O) groups excluding carboxylic acids is 1. The fourth-order valence-corrected chi connectivity index (χ4v) is 0.297. The number of allylic oxidation sites excluding steroid dienone is 1. The fourth-order valence-electron chi connectivity index (χ4n) is 0.297. The number of hydrogen-bond acceptors (Lipinski definition) is 1. The Bertz CT molecular complexity index is 96.7. The first kappa shape index (κ1) is 7.21. The summed E-state index contributed by atoms with van der Waals surface area (Å²) in [4.78, 5) is 10.3. The SMILES string of the molecule is [CH2]NC(=O)CC=CC. The van der Waals surface area contributed by atoms with Crippen molar-refractivity contribution >= 4 is 5.91 Å². The zero-order valence-electron chi connectivity index (χ0n) is 4.98. The average molecular weight is 112 g/mol. The molecule has 0 aromatic heterocycles. The molecule has 0 unspecified atom stereocenters. The summed E-state index contributed by atoms with van der Waals surface area (Å²) in [6.45, 7) is 1.87. The summed E-state index contributed by atoms with van der Waals surface area (Å²) in [6, 6.07) is 0. The molecule has 2 heteroatoms. The largest absolute Gasteiger partial charge is 0.354 e. The summed E-state index contributed by atoms with van der Waals surface area (Å²) < 4.78 is 0. The van der Waals surface area contributed by atoms with Crippen LogP contribution in [0.1, 0.15) is 13.3 Å². The number of hydrogen-bond donors (Lipinski definition) is 1. The number of rotatable bonds is 2. The normalized spacial score (nSPS) is 9.75. The molecule has 0 saturated heterocycles. The van der Waals surface area contributed by atoms with Gasteiger partial charge in [0, 0.05) is 13.5 Å². The Labute approximate surface area is 49.6 Å². The van der Waals surface area contributed by atoms with Crippen molar-refractivity contribution < 1.29 is 4.79 Å². The van der Waals surface area contributed by atoms with E-state index in [-0.39, 0.29) is 5.91 Å². The van der Waals surface area contributed by atoms with Gasteiger partial charge in [0.1, 0.15) is 0 Å². The van der Waals surface area contributed by atoms with Crippen LogP contribution in [0.5, 0.6) is 0 Å². The van der Waals surface area contributed by atoms with Crippen molar-refractivity contribution in [1.29, 1.82) is 0 Å². The van der Waals surface area contributed by atoms with Gasteiger partial charge in [-0.1, -0.05) is 12.2 Å². The van der Waals surface area contributed by atoms with Crippen LogP contribution in [-0.4, -0.2) is 5.91 Å². The monoisotopic (exact) mass is 112 g/mol. The number of amides is 1. The van der Waals surface area contributed by atoms with E-state index in [1.807, 2.05) is 13.0 Å². The predicted molar refractivity (Wildman–Crippen MR) is 32.9 cm³/mol. The number of nitrogens with one attached hydrogen (secondary N) is 1. The van der Waals surface area contributed by atoms with Crippen LogP contribution >= 0.6 is 0 Å². The lowest BCUT2D eigenvalue weighted by atomic mass is 10.4. The molecule has 0 spiro atoms. The lowest BCUT2D eigenvalue weighted by molar-refractivity contribution is -0.119. The molecule has 45 valence electrons. The molecule has 0 atom stereocenters. The van der Waals surface area contributed by atoms with Gasteiger partial charge in [-0.15, -0.1) is 0 Å². The molecule has 0 rings (SSSR count). The van der Waals surface area contributed by atoms with Gasteiger partial charge < -0.3 is 5.32 Å². The van der Waals surface area contributed by atoms with Crippen molar-refractivity contribution in [3.63, 3.8) is 0 Å². The minimum absolute atomic E-state index is 0.0527. The Morgan fingerprint density at radius 2 is 2.50 bits per heavy atom. The second-order valence-corrected chi connectivity index (χ2v) is 1.37. The van der Waals surface area contributed by atoms with Crippen LogP contribution in [0, 0.1) is 7.05 Å². The van der Waals surface area contributed by atoms with E-state index < -0.39 is 0 Å². The zero-order valence-corrected chi connectivity index (χ0v) is 4.98. The molecule has 1 N–H and O–H groups in total. The van der Waals surface area contributed by atoms with E-state index in [1.165, 1.54) is 0 Å². The van der Waals surface area contributed by atoms with Gasteiger partial charge in [-0.05, 0) is 6.92 Å². The molecule has 1 radical (unpaired) electrons. The van der Waals surface area contributed by atoms with Gasteiger partial charge in [-0.3, -0.25) is 4.79 Å². The first-order valence-corrected chi connectivity index (χ1v) is 2.48. The maximum absolute atomic E-state index is 10.3. The van der Waals surface area contributed by atoms with E-state index >= 15 is 0 Å². The first-order chi connectivity index (χ1) is 3.81. The Balaban J connectivity index is 3.25. The summed E-state index contributed by atoms with van der Waals surface area (Å²) in [5, 5.41) is 2.26. The number of carbonyl (C=O) groups is 1. The van der Waals surface area contributed by atoms with Crippen LogP contribution in [0.2, 0.25) is 0 Å². The fraction of sp³-hybridized carbons (Fsp3) is 0.333. The molecule has 0 heterocycles. The maximum atomic E-state index is 10.3. The highest BCUT2D eigenvalue weighted by atomic mass is 16.1. The van der Waals surface area contributed by atoms with Gasteiger partial charge in [0.2, 0.25) is 5.91 Å². The van der Waals surface area contributed by atoms with E-state index in [1.54, 1.807) is 6.08 Å². The van der Waals surface area contributed by atoms with Crippen molar-refractivity contribution in [2.24, 2.45) is 0 Å². The Morgan fingerprint density at radius 3 is 2.88 bits per heavy atom. The lowest BCUT2D eigenvalue weighted by Crippen LogP contribution is -2.13. The minimum Gasteiger partial charge on any atom is -0.354 e. The molecule has 0 aliphatic rings. The third-order valence-corrected chi connectivity index (χ3v) is 0.736. The van der Waals surface area contributed by atoms with Gasteiger partial charge >= 0.3 is 0 Å². The minimum atomic E-state index is -0.0527. The summed E-state index contributed by atoms with van der Waals surface area (Å²) in [5.41, 5.74) is 0. The Hall–Kier alpha value is -0.790. The van der Waals surface area contributed by atoms with Crippen LogP contribution in [0.25, 0.3) is 0 Å². The van der Waals surface area contributed by atoms with E-state index in [2.05, 4.69) is 12.4 Å². The van der Waals surface area contributed by atoms with Crippen molar-refractivity contribution in [1.82, 2.24) is 5.32 Å². The smallest absolute Gasteiger partial charge is 0.223 e. The van der Waals surface area contributed by atoms with E-state index in [0.29, 0.717) is 6.42 Å². The molecule has 1 amide bonds. The van der Waals surface area contributed by atoms with Crippen molar-refractivity contribution in [3.05, 3.63) is 19.2 Å². The van der Waals surface area contributed by atoms with E-state index in [9.17, 15) is 4.79 Å². The molecule has 0 bridgehead atoms. The topological polar surface area (TPSA) is 29.1 Å². The molecule has 0 saturated carbocycles. The summed E-state index contributed by atoms with van der Waals surface area (Å²) in [5.74, 6) is -0.0527. The van der Waals surface area contributed by atoms with Crippen LogP contribution < -0.4 is 5.32 Å². The molecular formula is C6H10NO. The van der Waals surface area contributed by atoms with Gasteiger partial charge in [-0.25, -0.2) is 0 Å². The average Bonchev–Trinajstić information content (AvgIpc) is 1.83. The highest BCUT2D eigenvalue weighted by molar-refractivity contribution is 5.77.